The Kier molecular flexibility index (Phi) is 12.1. The first-order valence-electron chi connectivity index (χ1n) is 19.7. The maximum atomic E-state index is 2.30. The second-order valence-electron chi connectivity index (χ2n) is 13.9. The number of benzene rings is 8. The minimum atomic E-state index is 1.10. The molecule has 0 atom stereocenters. The van der Waals surface area contributed by atoms with Crippen LogP contribution in [0, 0.1) is 0 Å². The molecule has 58 heavy (non-hydrogen) atoms. The van der Waals surface area contributed by atoms with Gasteiger partial charge in [-0.05, 0) is 106 Å². The fourth-order valence-corrected chi connectivity index (χ4v) is 6.92. The first-order valence-corrected chi connectivity index (χ1v) is 19.7. The highest BCUT2D eigenvalue weighted by Gasteiger charge is 2.14. The number of anilines is 6. The molecule has 0 unspecified atom stereocenters. The Balaban J connectivity index is 0.994. The Morgan fingerprint density at radius 3 is 0.724 bits per heavy atom. The molecule has 0 aliphatic heterocycles. The van der Waals surface area contributed by atoms with E-state index < -0.39 is 0 Å². The van der Waals surface area contributed by atoms with E-state index in [0.29, 0.717) is 0 Å². The normalized spacial score (nSPS) is 11.5. The quantitative estimate of drug-likeness (QED) is 0.108. The lowest BCUT2D eigenvalue weighted by Crippen LogP contribution is -2.10. The molecular formula is C56H44N2. The van der Waals surface area contributed by atoms with Crippen molar-refractivity contribution in [2.24, 2.45) is 0 Å². The average Bonchev–Trinajstić information content (AvgIpc) is 3.30. The Morgan fingerprint density at radius 2 is 0.431 bits per heavy atom. The number of rotatable bonds is 13. The van der Waals surface area contributed by atoms with Gasteiger partial charge in [0, 0.05) is 34.1 Å². The molecule has 8 aromatic rings. The predicted molar refractivity (Wildman–Crippen MR) is 250 cm³/mol. The van der Waals surface area contributed by atoms with E-state index in [-0.39, 0.29) is 0 Å². The lowest BCUT2D eigenvalue weighted by atomic mass is 10.0. The summed E-state index contributed by atoms with van der Waals surface area (Å²) in [6, 6.07) is 76.9. The van der Waals surface area contributed by atoms with Crippen molar-refractivity contribution >= 4 is 58.4 Å². The van der Waals surface area contributed by atoms with Crippen LogP contribution in [0.4, 0.5) is 34.1 Å². The summed E-state index contributed by atoms with van der Waals surface area (Å²) < 4.78 is 0. The van der Waals surface area contributed by atoms with E-state index in [1.165, 1.54) is 11.1 Å². The van der Waals surface area contributed by atoms with E-state index in [2.05, 4.69) is 265 Å². The standard InChI is InChI=1S/C56H44N2/c1-5-17-45(18-6-1)21-13-15-23-47-29-37-53(38-30-47)57(51-25-9-3-10-26-51)55-41-33-49(34-42-55)50-35-43-56(44-36-50)58(52-27-11-4-12-28-52)54-39-31-48(32-40-54)24-16-14-22-46-19-7-2-8-20-46/h1-44H/b21-13?,22-14?,23-15+,24-16+. The summed E-state index contributed by atoms with van der Waals surface area (Å²) in [4.78, 5) is 4.60. The van der Waals surface area contributed by atoms with E-state index in [9.17, 15) is 0 Å². The first kappa shape index (κ1) is 37.3. The number of allylic oxidation sites excluding steroid dienone is 4. The van der Waals surface area contributed by atoms with Crippen molar-refractivity contribution in [1.29, 1.82) is 0 Å². The van der Waals surface area contributed by atoms with Crippen molar-refractivity contribution in [3.63, 3.8) is 0 Å². The van der Waals surface area contributed by atoms with Crippen LogP contribution in [-0.4, -0.2) is 0 Å². The number of para-hydroxylation sites is 2. The molecule has 2 heteroatoms. The van der Waals surface area contributed by atoms with Crippen molar-refractivity contribution in [3.8, 4) is 11.1 Å². The molecule has 0 aliphatic carbocycles. The van der Waals surface area contributed by atoms with Gasteiger partial charge in [0.1, 0.15) is 0 Å². The molecule has 0 heterocycles. The van der Waals surface area contributed by atoms with Crippen LogP contribution in [0.3, 0.4) is 0 Å². The predicted octanol–water partition coefficient (Wildman–Crippen LogP) is 15.7. The van der Waals surface area contributed by atoms with E-state index in [0.717, 1.165) is 56.4 Å². The van der Waals surface area contributed by atoms with Gasteiger partial charge < -0.3 is 9.80 Å². The van der Waals surface area contributed by atoms with Crippen LogP contribution in [0.25, 0.3) is 35.4 Å². The number of hydrogen-bond acceptors (Lipinski definition) is 2. The van der Waals surface area contributed by atoms with Gasteiger partial charge in [0.25, 0.3) is 0 Å². The molecule has 0 bridgehead atoms. The lowest BCUT2D eigenvalue weighted by Gasteiger charge is -2.26. The molecule has 8 aromatic carbocycles. The third kappa shape index (κ3) is 9.57. The molecule has 0 N–H and O–H groups in total. The van der Waals surface area contributed by atoms with Gasteiger partial charge in [-0.15, -0.1) is 0 Å². The molecule has 2 nitrogen and oxygen atoms in total. The zero-order valence-electron chi connectivity index (χ0n) is 32.3. The number of hydrogen-bond donors (Lipinski definition) is 0. The van der Waals surface area contributed by atoms with Gasteiger partial charge in [0.2, 0.25) is 0 Å². The maximum Gasteiger partial charge on any atom is 0.0462 e. The minimum Gasteiger partial charge on any atom is -0.311 e. The van der Waals surface area contributed by atoms with Crippen molar-refractivity contribution in [2.45, 2.75) is 0 Å². The second-order valence-corrected chi connectivity index (χ2v) is 13.9. The molecular weight excluding hydrogens is 701 g/mol. The maximum absolute atomic E-state index is 2.30. The molecule has 0 amide bonds. The summed E-state index contributed by atoms with van der Waals surface area (Å²) in [5.41, 5.74) is 13.6. The van der Waals surface area contributed by atoms with Gasteiger partial charge in [-0.1, -0.05) is 194 Å². The third-order valence-electron chi connectivity index (χ3n) is 9.89. The van der Waals surface area contributed by atoms with Crippen LogP contribution < -0.4 is 9.80 Å². The zero-order chi connectivity index (χ0) is 39.2. The highest BCUT2D eigenvalue weighted by Crippen LogP contribution is 2.38. The third-order valence-corrected chi connectivity index (χ3v) is 9.89. The second kappa shape index (κ2) is 18.8. The fourth-order valence-electron chi connectivity index (χ4n) is 6.92. The van der Waals surface area contributed by atoms with Crippen molar-refractivity contribution < 1.29 is 0 Å². The van der Waals surface area contributed by atoms with Gasteiger partial charge in [-0.2, -0.15) is 0 Å². The van der Waals surface area contributed by atoms with Crippen molar-refractivity contribution in [3.05, 3.63) is 265 Å². The van der Waals surface area contributed by atoms with Crippen LogP contribution >= 0.6 is 0 Å². The summed E-state index contributed by atoms with van der Waals surface area (Å²) in [6.45, 7) is 0. The van der Waals surface area contributed by atoms with Gasteiger partial charge >= 0.3 is 0 Å². The van der Waals surface area contributed by atoms with Crippen LogP contribution in [0.2, 0.25) is 0 Å². The highest BCUT2D eigenvalue weighted by atomic mass is 15.1. The SMILES string of the molecule is C(=Cc1ccccc1)/C=C/c1ccc(N(c2ccccc2)c2ccc(-c3ccc(N(c4ccccc4)c4ccc(/C=C/C=Cc5ccccc5)cc4)cc3)cc2)cc1. The van der Waals surface area contributed by atoms with Gasteiger partial charge in [-0.3, -0.25) is 0 Å². The highest BCUT2D eigenvalue weighted by molar-refractivity contribution is 5.81. The summed E-state index contributed by atoms with van der Waals surface area (Å²) in [7, 11) is 0. The van der Waals surface area contributed by atoms with E-state index in [1.807, 2.05) is 12.1 Å². The summed E-state index contributed by atoms with van der Waals surface area (Å²) in [5.74, 6) is 0. The van der Waals surface area contributed by atoms with Crippen LogP contribution in [0.1, 0.15) is 22.3 Å². The molecule has 0 spiro atoms. The molecule has 0 saturated heterocycles. The zero-order valence-corrected chi connectivity index (χ0v) is 32.3. The number of nitrogens with zero attached hydrogens (tertiary/aromatic N) is 2. The Labute approximate surface area is 343 Å². The summed E-state index contributed by atoms with van der Waals surface area (Å²) in [5, 5.41) is 0. The lowest BCUT2D eigenvalue weighted by molar-refractivity contribution is 1.28. The topological polar surface area (TPSA) is 6.48 Å². The molecule has 0 aliphatic rings. The summed E-state index contributed by atoms with van der Waals surface area (Å²) in [6.07, 6.45) is 16.8. The molecule has 0 aromatic heterocycles. The smallest absolute Gasteiger partial charge is 0.0462 e. The Bertz CT molecular complexity index is 2400. The van der Waals surface area contributed by atoms with Gasteiger partial charge in [-0.25, -0.2) is 0 Å². The Hall–Kier alpha value is -7.68. The fraction of sp³-hybridized carbons (Fsp3) is 0. The van der Waals surface area contributed by atoms with Crippen LogP contribution in [-0.2, 0) is 0 Å². The monoisotopic (exact) mass is 744 g/mol. The molecule has 0 saturated carbocycles. The largest absolute Gasteiger partial charge is 0.311 e. The van der Waals surface area contributed by atoms with Crippen molar-refractivity contribution in [2.75, 3.05) is 9.80 Å². The molecule has 0 radical (unpaired) electrons. The Morgan fingerprint density at radius 1 is 0.207 bits per heavy atom. The summed E-state index contributed by atoms with van der Waals surface area (Å²) >= 11 is 0. The van der Waals surface area contributed by atoms with E-state index >= 15 is 0 Å². The van der Waals surface area contributed by atoms with Gasteiger partial charge in [0.15, 0.2) is 0 Å². The average molecular weight is 745 g/mol. The molecule has 278 valence electrons. The van der Waals surface area contributed by atoms with E-state index in [1.54, 1.807) is 0 Å². The molecule has 8 rings (SSSR count). The van der Waals surface area contributed by atoms with Crippen molar-refractivity contribution in [1.82, 2.24) is 0 Å². The first-order chi connectivity index (χ1) is 28.8. The van der Waals surface area contributed by atoms with Crippen LogP contribution in [0.5, 0.6) is 0 Å². The van der Waals surface area contributed by atoms with Crippen LogP contribution in [0.15, 0.2) is 243 Å². The van der Waals surface area contributed by atoms with E-state index in [4.69, 9.17) is 0 Å². The van der Waals surface area contributed by atoms with Gasteiger partial charge in [0.05, 0.1) is 0 Å². The minimum absolute atomic E-state index is 1.10. The molecule has 0 fully saturated rings.